The molecule has 0 aliphatic rings. The number of hydrogen-bond donors (Lipinski definition) is 2. The van der Waals surface area contributed by atoms with E-state index in [0.29, 0.717) is 0 Å². The average molecular weight is 244 g/mol. The predicted molar refractivity (Wildman–Crippen MR) is 75.1 cm³/mol. The first-order valence-corrected chi connectivity index (χ1v) is 6.30. The van der Waals surface area contributed by atoms with Crippen LogP contribution in [0, 0.1) is 20.8 Å². The zero-order valence-corrected chi connectivity index (χ0v) is 11.6. The molecule has 3 heteroatoms. The van der Waals surface area contributed by atoms with Gasteiger partial charge in [-0.05, 0) is 51.8 Å². The highest BCUT2D eigenvalue weighted by Gasteiger charge is 2.18. The van der Waals surface area contributed by atoms with Gasteiger partial charge in [0.05, 0.1) is 5.56 Å². The smallest absolute Gasteiger partial charge is 0.253 e. The van der Waals surface area contributed by atoms with Gasteiger partial charge in [-0.3, -0.25) is 4.79 Å². The Morgan fingerprint density at radius 1 is 1.22 bits per heavy atom. The Bertz CT molecular complexity index is 608. The summed E-state index contributed by atoms with van der Waals surface area (Å²) in [6.07, 6.45) is 0. The maximum absolute atomic E-state index is 12.3. The molecule has 0 aliphatic heterocycles. The Morgan fingerprint density at radius 2 is 1.89 bits per heavy atom. The number of nitrogens with one attached hydrogen (secondary N) is 2. The lowest BCUT2D eigenvalue weighted by atomic mass is 10.0. The van der Waals surface area contributed by atoms with Crippen molar-refractivity contribution >= 4 is 16.8 Å². The average Bonchev–Trinajstić information content (AvgIpc) is 2.53. The molecule has 0 radical (unpaired) electrons. The molecule has 0 fully saturated rings. The highest BCUT2D eigenvalue weighted by atomic mass is 16.1. The molecule has 1 heterocycles. The molecule has 0 spiro atoms. The van der Waals surface area contributed by atoms with Gasteiger partial charge in [-0.1, -0.05) is 6.07 Å². The van der Waals surface area contributed by atoms with E-state index in [4.69, 9.17) is 0 Å². The van der Waals surface area contributed by atoms with Gasteiger partial charge in [0.25, 0.3) is 5.91 Å². The van der Waals surface area contributed by atoms with Gasteiger partial charge in [-0.15, -0.1) is 0 Å². The van der Waals surface area contributed by atoms with E-state index < -0.39 is 0 Å². The summed E-state index contributed by atoms with van der Waals surface area (Å²) in [5.41, 5.74) is 5.09. The van der Waals surface area contributed by atoms with Crippen LogP contribution in [0.4, 0.5) is 0 Å². The van der Waals surface area contributed by atoms with Crippen molar-refractivity contribution < 1.29 is 4.79 Å². The fourth-order valence-electron chi connectivity index (χ4n) is 2.47. The van der Waals surface area contributed by atoms with E-state index >= 15 is 0 Å². The van der Waals surface area contributed by atoms with Gasteiger partial charge >= 0.3 is 0 Å². The molecule has 0 atom stereocenters. The topological polar surface area (TPSA) is 44.9 Å². The van der Waals surface area contributed by atoms with Crippen LogP contribution in [0.15, 0.2) is 12.1 Å². The van der Waals surface area contributed by atoms with Gasteiger partial charge in [0, 0.05) is 22.6 Å². The van der Waals surface area contributed by atoms with Crippen LogP contribution in [-0.2, 0) is 0 Å². The van der Waals surface area contributed by atoms with Crippen LogP contribution in [0.25, 0.3) is 10.9 Å². The molecule has 2 rings (SSSR count). The third-order valence-electron chi connectivity index (χ3n) is 3.07. The monoisotopic (exact) mass is 244 g/mol. The molecule has 96 valence electrons. The fraction of sp³-hybridized carbons (Fsp3) is 0.400. The predicted octanol–water partition coefficient (Wildman–Crippen LogP) is 3.23. The molecular formula is C15H20N2O. The highest BCUT2D eigenvalue weighted by Crippen LogP contribution is 2.26. The van der Waals surface area contributed by atoms with Gasteiger partial charge in [0.15, 0.2) is 0 Å². The molecule has 0 unspecified atom stereocenters. The lowest BCUT2D eigenvalue weighted by molar-refractivity contribution is 0.0944. The second-order valence-corrected chi connectivity index (χ2v) is 5.26. The second-order valence-electron chi connectivity index (χ2n) is 5.26. The largest absolute Gasteiger partial charge is 0.358 e. The van der Waals surface area contributed by atoms with Gasteiger partial charge < -0.3 is 10.3 Å². The van der Waals surface area contributed by atoms with Crippen molar-refractivity contribution in [2.24, 2.45) is 0 Å². The van der Waals surface area contributed by atoms with Gasteiger partial charge in [0.1, 0.15) is 0 Å². The SMILES string of the molecule is Cc1cc(C)c2c(C(=O)NC(C)C)c(C)[nH]c2c1. The minimum absolute atomic E-state index is 0.000651. The second kappa shape index (κ2) is 4.48. The van der Waals surface area contributed by atoms with Crippen LogP contribution in [0.3, 0.4) is 0 Å². The lowest BCUT2D eigenvalue weighted by Gasteiger charge is -2.09. The number of rotatable bonds is 2. The standard InChI is InChI=1S/C15H20N2O/c1-8(2)16-15(18)14-11(5)17-12-7-9(3)6-10(4)13(12)14/h6-8,17H,1-5H3,(H,16,18). The lowest BCUT2D eigenvalue weighted by Crippen LogP contribution is -2.30. The van der Waals surface area contributed by atoms with Crippen molar-refractivity contribution in [1.29, 1.82) is 0 Å². The van der Waals surface area contributed by atoms with Crippen molar-refractivity contribution in [2.45, 2.75) is 40.7 Å². The van der Waals surface area contributed by atoms with Crippen LogP contribution < -0.4 is 5.32 Å². The van der Waals surface area contributed by atoms with Gasteiger partial charge in [-0.25, -0.2) is 0 Å². The van der Waals surface area contributed by atoms with Crippen molar-refractivity contribution in [3.05, 3.63) is 34.5 Å². The van der Waals surface area contributed by atoms with Crippen molar-refractivity contribution in [3.8, 4) is 0 Å². The molecule has 2 aromatic rings. The van der Waals surface area contributed by atoms with E-state index in [1.165, 1.54) is 5.56 Å². The van der Waals surface area contributed by atoms with E-state index in [-0.39, 0.29) is 11.9 Å². The number of aromatic amines is 1. The summed E-state index contributed by atoms with van der Waals surface area (Å²) < 4.78 is 0. The summed E-state index contributed by atoms with van der Waals surface area (Å²) in [6.45, 7) is 10.0. The van der Waals surface area contributed by atoms with E-state index in [1.807, 2.05) is 20.8 Å². The van der Waals surface area contributed by atoms with E-state index in [0.717, 1.165) is 27.7 Å². The summed E-state index contributed by atoms with van der Waals surface area (Å²) in [5.74, 6) is 0.000651. The van der Waals surface area contributed by atoms with Crippen LogP contribution in [0.2, 0.25) is 0 Å². The number of aryl methyl sites for hydroxylation is 3. The van der Waals surface area contributed by atoms with E-state index in [1.54, 1.807) is 0 Å². The Kier molecular flexibility index (Phi) is 3.16. The molecule has 1 amide bonds. The number of aromatic nitrogens is 1. The summed E-state index contributed by atoms with van der Waals surface area (Å²) in [4.78, 5) is 15.6. The number of carbonyl (C=O) groups is 1. The first-order chi connectivity index (χ1) is 8.40. The van der Waals surface area contributed by atoms with Crippen LogP contribution in [-0.4, -0.2) is 16.9 Å². The number of H-pyrrole nitrogens is 1. The van der Waals surface area contributed by atoms with Crippen molar-refractivity contribution in [1.82, 2.24) is 10.3 Å². The minimum Gasteiger partial charge on any atom is -0.358 e. The third kappa shape index (κ3) is 2.13. The molecular weight excluding hydrogens is 224 g/mol. The Hall–Kier alpha value is -1.77. The van der Waals surface area contributed by atoms with Crippen LogP contribution in [0.5, 0.6) is 0 Å². The quantitative estimate of drug-likeness (QED) is 0.837. The Labute approximate surface area is 108 Å². The van der Waals surface area contributed by atoms with Crippen molar-refractivity contribution in [3.63, 3.8) is 0 Å². The zero-order valence-electron chi connectivity index (χ0n) is 11.6. The van der Waals surface area contributed by atoms with Crippen molar-refractivity contribution in [2.75, 3.05) is 0 Å². The molecule has 3 nitrogen and oxygen atoms in total. The Balaban J connectivity index is 2.63. The van der Waals surface area contributed by atoms with E-state index in [9.17, 15) is 4.79 Å². The normalized spacial score (nSPS) is 11.2. The van der Waals surface area contributed by atoms with Crippen LogP contribution in [0.1, 0.15) is 41.0 Å². The van der Waals surface area contributed by atoms with Gasteiger partial charge in [0.2, 0.25) is 0 Å². The molecule has 0 saturated heterocycles. The molecule has 1 aromatic carbocycles. The molecule has 18 heavy (non-hydrogen) atoms. The first kappa shape index (κ1) is 12.7. The highest BCUT2D eigenvalue weighted by molar-refractivity contribution is 6.09. The molecule has 0 aliphatic carbocycles. The number of amides is 1. The number of hydrogen-bond acceptors (Lipinski definition) is 1. The first-order valence-electron chi connectivity index (χ1n) is 6.30. The number of fused-ring (bicyclic) bond motifs is 1. The number of benzene rings is 1. The van der Waals surface area contributed by atoms with E-state index in [2.05, 4.69) is 36.3 Å². The minimum atomic E-state index is 0.000651. The summed E-state index contributed by atoms with van der Waals surface area (Å²) in [6, 6.07) is 4.34. The Morgan fingerprint density at radius 3 is 2.50 bits per heavy atom. The molecule has 2 N–H and O–H groups in total. The van der Waals surface area contributed by atoms with Crippen LogP contribution >= 0.6 is 0 Å². The maximum Gasteiger partial charge on any atom is 0.253 e. The fourth-order valence-corrected chi connectivity index (χ4v) is 2.47. The number of carbonyl (C=O) groups excluding carboxylic acids is 1. The molecule has 0 bridgehead atoms. The third-order valence-corrected chi connectivity index (χ3v) is 3.07. The summed E-state index contributed by atoms with van der Waals surface area (Å²) in [7, 11) is 0. The maximum atomic E-state index is 12.3. The molecule has 0 saturated carbocycles. The summed E-state index contributed by atoms with van der Waals surface area (Å²) >= 11 is 0. The summed E-state index contributed by atoms with van der Waals surface area (Å²) in [5, 5.41) is 4.00. The van der Waals surface area contributed by atoms with Gasteiger partial charge in [-0.2, -0.15) is 0 Å². The molecule has 1 aromatic heterocycles. The zero-order chi connectivity index (χ0) is 13.4.